The summed E-state index contributed by atoms with van der Waals surface area (Å²) < 4.78 is 29.3. The highest BCUT2D eigenvalue weighted by Crippen LogP contribution is 2.37. The zero-order chi connectivity index (χ0) is 24.1. The number of sulfonamides is 1. The first-order valence-electron chi connectivity index (χ1n) is 10.7. The first-order valence-corrected chi connectivity index (χ1v) is 13.1. The quantitative estimate of drug-likeness (QED) is 0.386. The highest BCUT2D eigenvalue weighted by molar-refractivity contribution is 7.92. The molecule has 3 N–H and O–H groups in total. The molecule has 0 spiro atoms. The first-order chi connectivity index (χ1) is 16.1. The number of amides is 2. The van der Waals surface area contributed by atoms with Gasteiger partial charge in [0.25, 0.3) is 10.0 Å². The zero-order valence-electron chi connectivity index (χ0n) is 18.6. The smallest absolute Gasteiger partial charge is 0.333 e. The number of carbonyl (C=O) groups is 1. The maximum atomic E-state index is 12.9. The summed E-state index contributed by atoms with van der Waals surface area (Å²) in [6.45, 7) is 3.14. The molecule has 3 heterocycles. The second-order valence-corrected chi connectivity index (χ2v) is 11.6. The number of benzene rings is 1. The van der Waals surface area contributed by atoms with E-state index in [9.17, 15) is 18.3 Å². The van der Waals surface area contributed by atoms with Crippen LogP contribution in [0.2, 0.25) is 0 Å². The fourth-order valence-corrected chi connectivity index (χ4v) is 6.36. The Balaban J connectivity index is 1.46. The number of aromatic nitrogens is 3. The summed E-state index contributed by atoms with van der Waals surface area (Å²) in [6, 6.07) is 8.24. The van der Waals surface area contributed by atoms with E-state index in [0.29, 0.717) is 16.9 Å². The van der Waals surface area contributed by atoms with E-state index in [1.807, 2.05) is 30.5 Å². The molecule has 3 aromatic heterocycles. The van der Waals surface area contributed by atoms with Gasteiger partial charge in [0.15, 0.2) is 5.65 Å². The number of nitrogens with one attached hydrogen (secondary N) is 2. The number of rotatable bonds is 5. The lowest BCUT2D eigenvalue weighted by atomic mass is 9.98. The summed E-state index contributed by atoms with van der Waals surface area (Å²) in [5.74, 6) is 0. The molecule has 0 saturated heterocycles. The first kappa shape index (κ1) is 22.5. The predicted octanol–water partition coefficient (Wildman–Crippen LogP) is 3.68. The van der Waals surface area contributed by atoms with Gasteiger partial charge in [-0.3, -0.25) is 0 Å². The van der Waals surface area contributed by atoms with Gasteiger partial charge in [-0.25, -0.2) is 27.4 Å². The van der Waals surface area contributed by atoms with Gasteiger partial charge in [-0.15, -0.1) is 11.3 Å². The SMILES string of the molecule is CC(C)(O)c1csc(S(=O)(=O)NC(=O)Nc2c(-c3ccc4ncnn4c3)ccc3c2CCC3)c1. The topological polar surface area (TPSA) is 126 Å². The molecule has 0 bridgehead atoms. The van der Waals surface area contributed by atoms with Crippen molar-refractivity contribution < 1.29 is 18.3 Å². The van der Waals surface area contributed by atoms with Gasteiger partial charge >= 0.3 is 6.03 Å². The van der Waals surface area contributed by atoms with Gasteiger partial charge in [0.05, 0.1) is 11.3 Å². The minimum atomic E-state index is -4.11. The number of pyridine rings is 1. The lowest BCUT2D eigenvalue weighted by molar-refractivity contribution is 0.0789. The number of aliphatic hydroxyl groups is 1. The number of fused-ring (bicyclic) bond motifs is 2. The molecule has 2 amide bonds. The van der Waals surface area contributed by atoms with Gasteiger partial charge in [0.1, 0.15) is 10.5 Å². The third-order valence-electron chi connectivity index (χ3n) is 5.88. The summed E-state index contributed by atoms with van der Waals surface area (Å²) >= 11 is 0.948. The van der Waals surface area contributed by atoms with Crippen LogP contribution in [0.5, 0.6) is 0 Å². The molecule has 4 aromatic rings. The minimum absolute atomic E-state index is 0.0464. The lowest BCUT2D eigenvalue weighted by Crippen LogP contribution is -2.34. The van der Waals surface area contributed by atoms with Gasteiger partial charge in [-0.1, -0.05) is 12.1 Å². The van der Waals surface area contributed by atoms with Crippen LogP contribution < -0.4 is 10.0 Å². The summed E-state index contributed by atoms with van der Waals surface area (Å²) in [4.78, 5) is 17.0. The number of aryl methyl sites for hydroxylation is 1. The Morgan fingerprint density at radius 1 is 1.21 bits per heavy atom. The van der Waals surface area contributed by atoms with Crippen molar-refractivity contribution in [2.24, 2.45) is 0 Å². The molecule has 0 aliphatic heterocycles. The Morgan fingerprint density at radius 2 is 2.03 bits per heavy atom. The van der Waals surface area contributed by atoms with Crippen LogP contribution in [0.3, 0.4) is 0 Å². The van der Waals surface area contributed by atoms with Crippen molar-refractivity contribution >= 4 is 38.7 Å². The van der Waals surface area contributed by atoms with E-state index in [2.05, 4.69) is 20.1 Å². The Bertz CT molecular complexity index is 1520. The van der Waals surface area contributed by atoms with Crippen LogP contribution in [0.25, 0.3) is 16.8 Å². The third-order valence-corrected chi connectivity index (χ3v) is 8.65. The van der Waals surface area contributed by atoms with Gasteiger partial charge in [0.2, 0.25) is 0 Å². The van der Waals surface area contributed by atoms with E-state index >= 15 is 0 Å². The van der Waals surface area contributed by atoms with Crippen molar-refractivity contribution in [3.8, 4) is 11.1 Å². The number of hydrogen-bond donors (Lipinski definition) is 3. The van der Waals surface area contributed by atoms with Crippen LogP contribution in [0, 0.1) is 0 Å². The van der Waals surface area contributed by atoms with Crippen LogP contribution >= 0.6 is 11.3 Å². The molecule has 0 unspecified atom stereocenters. The fraction of sp³-hybridized carbons (Fsp3) is 0.261. The van der Waals surface area contributed by atoms with Crippen LogP contribution in [-0.4, -0.2) is 34.2 Å². The molecule has 9 nitrogen and oxygen atoms in total. The van der Waals surface area contributed by atoms with Gasteiger partial charge in [0, 0.05) is 17.3 Å². The van der Waals surface area contributed by atoms with Crippen molar-refractivity contribution in [3.05, 3.63) is 64.9 Å². The summed E-state index contributed by atoms with van der Waals surface area (Å²) in [7, 11) is -4.11. The molecule has 11 heteroatoms. The molecule has 1 aliphatic carbocycles. The summed E-state index contributed by atoms with van der Waals surface area (Å²) in [5, 5.41) is 18.7. The molecule has 1 aromatic carbocycles. The number of hydrogen-bond acceptors (Lipinski definition) is 7. The fourth-order valence-electron chi connectivity index (χ4n) is 4.12. The molecule has 0 atom stereocenters. The standard InChI is InChI=1S/C23H23N5O4S2/c1-23(2,30)16-10-20(33-12-16)34(31,32)27-22(29)26-21-17-5-3-4-14(17)6-8-18(21)15-7-9-19-24-13-25-28(19)11-15/h6-13,30H,3-5H2,1-2H3,(H2,26,27,29). The summed E-state index contributed by atoms with van der Waals surface area (Å²) in [5.41, 5.74) is 4.29. The third kappa shape index (κ3) is 4.17. The molecule has 176 valence electrons. The second kappa shape index (κ2) is 8.19. The van der Waals surface area contributed by atoms with Crippen LogP contribution in [0.1, 0.15) is 37.0 Å². The van der Waals surface area contributed by atoms with Crippen LogP contribution in [0.4, 0.5) is 10.5 Å². The van der Waals surface area contributed by atoms with Gasteiger partial charge in [-0.2, -0.15) is 5.10 Å². The lowest BCUT2D eigenvalue weighted by Gasteiger charge is -2.17. The van der Waals surface area contributed by atoms with E-state index in [1.54, 1.807) is 23.7 Å². The Morgan fingerprint density at radius 3 is 2.79 bits per heavy atom. The molecule has 5 rings (SSSR count). The molecular weight excluding hydrogens is 474 g/mol. The average molecular weight is 498 g/mol. The largest absolute Gasteiger partial charge is 0.386 e. The van der Waals surface area contributed by atoms with Crippen LogP contribution in [0.15, 0.2) is 52.4 Å². The Hall–Kier alpha value is -3.28. The normalized spacial score (nSPS) is 13.7. The van der Waals surface area contributed by atoms with Crippen molar-refractivity contribution in [3.63, 3.8) is 0 Å². The highest BCUT2D eigenvalue weighted by atomic mass is 32.2. The maximum absolute atomic E-state index is 12.9. The predicted molar refractivity (Wildman–Crippen MR) is 129 cm³/mol. The van der Waals surface area contributed by atoms with E-state index < -0.39 is 21.7 Å². The zero-order valence-corrected chi connectivity index (χ0v) is 20.2. The molecule has 0 saturated carbocycles. The molecule has 34 heavy (non-hydrogen) atoms. The van der Waals surface area contributed by atoms with E-state index in [-0.39, 0.29) is 4.21 Å². The molecule has 0 radical (unpaired) electrons. The number of thiophene rings is 1. The number of carbonyl (C=O) groups excluding carboxylic acids is 1. The molecule has 0 fully saturated rings. The van der Waals surface area contributed by atoms with Gasteiger partial charge < -0.3 is 10.4 Å². The monoisotopic (exact) mass is 497 g/mol. The number of nitrogens with zero attached hydrogens (tertiary/aromatic N) is 3. The van der Waals surface area contributed by atoms with E-state index in [4.69, 9.17) is 0 Å². The van der Waals surface area contributed by atoms with Crippen molar-refractivity contribution in [2.45, 2.75) is 42.9 Å². The van der Waals surface area contributed by atoms with Crippen molar-refractivity contribution in [1.82, 2.24) is 19.3 Å². The maximum Gasteiger partial charge on any atom is 0.333 e. The summed E-state index contributed by atoms with van der Waals surface area (Å²) in [6.07, 6.45) is 5.94. The molecule has 1 aliphatic rings. The van der Waals surface area contributed by atoms with E-state index in [0.717, 1.165) is 52.9 Å². The molecular formula is C23H23N5O4S2. The highest BCUT2D eigenvalue weighted by Gasteiger charge is 2.26. The van der Waals surface area contributed by atoms with Crippen LogP contribution in [-0.2, 0) is 28.5 Å². The number of anilines is 1. The Kier molecular flexibility index (Phi) is 5.42. The van der Waals surface area contributed by atoms with E-state index in [1.165, 1.54) is 12.4 Å². The van der Waals surface area contributed by atoms with Crippen molar-refractivity contribution in [1.29, 1.82) is 0 Å². The number of urea groups is 1. The Labute approximate surface area is 200 Å². The van der Waals surface area contributed by atoms with Gasteiger partial charge in [-0.05, 0) is 73.4 Å². The van der Waals surface area contributed by atoms with Crippen molar-refractivity contribution in [2.75, 3.05) is 5.32 Å². The second-order valence-electron chi connectivity index (χ2n) is 8.73. The average Bonchev–Trinajstić information content (AvgIpc) is 3.52. The minimum Gasteiger partial charge on any atom is -0.386 e.